The van der Waals surface area contributed by atoms with E-state index in [1.165, 1.54) is 186 Å². The molecule has 0 fully saturated rings. The van der Waals surface area contributed by atoms with E-state index in [0.29, 0.717) is 0 Å². The Kier molecular flexibility index (Phi) is 8.83. The van der Waals surface area contributed by atoms with Crippen LogP contribution in [0, 0.1) is 13.8 Å². The summed E-state index contributed by atoms with van der Waals surface area (Å²) in [6, 6.07) is 96.4. The second-order valence-electron chi connectivity index (χ2n) is 22.7. The molecule has 0 N–H and O–H groups in total. The van der Waals surface area contributed by atoms with Crippen LogP contribution in [0.15, 0.2) is 255 Å². The van der Waals surface area contributed by atoms with E-state index in [0.717, 1.165) is 0 Å². The summed E-state index contributed by atoms with van der Waals surface area (Å²) >= 11 is 0. The van der Waals surface area contributed by atoms with Gasteiger partial charge in [0.2, 0.25) is 0 Å². The van der Waals surface area contributed by atoms with Gasteiger partial charge in [0.05, 0.1) is 33.1 Å². The van der Waals surface area contributed by atoms with Gasteiger partial charge < -0.3 is 8.80 Å². The molecule has 0 aliphatic rings. The Hall–Kier alpha value is -10.3. The van der Waals surface area contributed by atoms with Gasteiger partial charge in [-0.3, -0.25) is 0 Å². The minimum Gasteiger partial charge on any atom is -0.308 e. The van der Waals surface area contributed by atoms with Gasteiger partial charge in [0, 0.05) is 43.1 Å². The Morgan fingerprint density at radius 3 is 1.09 bits per heavy atom. The summed E-state index contributed by atoms with van der Waals surface area (Å²) < 4.78 is 5.07. The lowest BCUT2D eigenvalue weighted by Gasteiger charge is -2.12. The fraction of sp³-hybridized carbons (Fsp3) is 0.0256. The highest BCUT2D eigenvalue weighted by molar-refractivity contribution is 6.29. The second kappa shape index (κ2) is 16.1. The van der Waals surface area contributed by atoms with Gasteiger partial charge in [0.1, 0.15) is 0 Å². The molecular formula is C78H48N2. The average molecular weight is 1010 g/mol. The molecule has 0 amide bonds. The molecule has 2 nitrogen and oxygen atoms in total. The van der Waals surface area contributed by atoms with Crippen LogP contribution in [-0.2, 0) is 0 Å². The predicted octanol–water partition coefficient (Wildman–Crippen LogP) is 21.6. The molecule has 370 valence electrons. The van der Waals surface area contributed by atoms with Crippen molar-refractivity contribution < 1.29 is 0 Å². The fourth-order valence-corrected chi connectivity index (χ4v) is 14.1. The largest absolute Gasteiger partial charge is 0.308 e. The van der Waals surface area contributed by atoms with Crippen LogP contribution >= 0.6 is 0 Å². The van der Waals surface area contributed by atoms with Crippen LogP contribution in [-0.4, -0.2) is 8.80 Å². The van der Waals surface area contributed by atoms with Gasteiger partial charge in [-0.15, -0.1) is 0 Å². The maximum absolute atomic E-state index is 2.55. The van der Waals surface area contributed by atoms with Crippen LogP contribution in [0.5, 0.6) is 0 Å². The summed E-state index contributed by atoms with van der Waals surface area (Å²) in [5.74, 6) is 0. The quantitative estimate of drug-likeness (QED) is 0.162. The lowest BCUT2D eigenvalue weighted by molar-refractivity contribution is 1.38. The third-order valence-electron chi connectivity index (χ3n) is 17.9. The first-order chi connectivity index (χ1) is 39.4. The third kappa shape index (κ3) is 6.30. The van der Waals surface area contributed by atoms with E-state index in [9.17, 15) is 0 Å². The topological polar surface area (TPSA) is 8.82 Å². The monoisotopic (exact) mass is 1010 g/mol. The molecule has 0 radical (unpaired) electrons. The fourth-order valence-electron chi connectivity index (χ4n) is 14.1. The number of aryl methyl sites for hydroxylation is 2. The van der Waals surface area contributed by atoms with Crippen LogP contribution < -0.4 is 0 Å². The van der Waals surface area contributed by atoms with Crippen molar-refractivity contribution in [3.63, 3.8) is 0 Å². The molecule has 0 aliphatic carbocycles. The number of hydrogen-bond acceptors (Lipinski definition) is 0. The molecule has 4 heterocycles. The number of fused-ring (bicyclic) bond motifs is 16. The van der Waals surface area contributed by atoms with Crippen molar-refractivity contribution in [2.45, 2.75) is 13.8 Å². The molecule has 0 aliphatic heterocycles. The number of hydrogen-bond donors (Lipinski definition) is 0. The van der Waals surface area contributed by atoms with E-state index >= 15 is 0 Å². The molecule has 0 unspecified atom stereocenters. The van der Waals surface area contributed by atoms with Crippen LogP contribution in [0.2, 0.25) is 0 Å². The Bertz CT molecular complexity index is 5550. The molecule has 18 rings (SSSR count). The number of nitrogens with zero attached hydrogens (tertiary/aromatic N) is 2. The van der Waals surface area contributed by atoms with Gasteiger partial charge in [-0.05, 0) is 221 Å². The normalized spacial score (nSPS) is 12.4. The van der Waals surface area contributed by atoms with Crippen molar-refractivity contribution in [1.82, 2.24) is 8.80 Å². The van der Waals surface area contributed by atoms with Gasteiger partial charge >= 0.3 is 0 Å². The highest BCUT2D eigenvalue weighted by atomic mass is 14.9. The van der Waals surface area contributed by atoms with Crippen LogP contribution in [0.3, 0.4) is 0 Å². The summed E-state index contributed by atoms with van der Waals surface area (Å²) in [6.07, 6.45) is 0. The Morgan fingerprint density at radius 1 is 0.212 bits per heavy atom. The summed E-state index contributed by atoms with van der Waals surface area (Å²) in [7, 11) is 0. The van der Waals surface area contributed by atoms with E-state index in [-0.39, 0.29) is 0 Å². The Labute approximate surface area is 460 Å². The van der Waals surface area contributed by atoms with E-state index in [2.05, 4.69) is 277 Å². The van der Waals surface area contributed by atoms with Crippen LogP contribution in [0.1, 0.15) is 11.1 Å². The van der Waals surface area contributed by atoms with Crippen molar-refractivity contribution in [1.29, 1.82) is 0 Å². The summed E-state index contributed by atoms with van der Waals surface area (Å²) in [5, 5.41) is 20.3. The lowest BCUT2D eigenvalue weighted by Crippen LogP contribution is -1.88. The van der Waals surface area contributed by atoms with Crippen molar-refractivity contribution in [3.8, 4) is 55.6 Å². The first-order valence-electron chi connectivity index (χ1n) is 27.9. The SMILES string of the molecule is Cc1cc(-c2ccccc2)cc(-c2cc3c4cc5ccccc5cc4n4c5cc6cc(-c7cccc(-c8ccc(C)c(-c9cc%10c%11cc%12ccccc%12cc%11n%11c%12cc%13ccccc%13cc%12c(c9)c%10%11)c8)c7)ccc6cc5c(c2)c34)c1. The molecule has 4 aromatic heterocycles. The molecule has 0 saturated carbocycles. The van der Waals surface area contributed by atoms with Gasteiger partial charge in [0.15, 0.2) is 0 Å². The average Bonchev–Trinajstić information content (AvgIpc) is 4.37. The van der Waals surface area contributed by atoms with Gasteiger partial charge in [-0.1, -0.05) is 158 Å². The number of rotatable bonds is 5. The highest BCUT2D eigenvalue weighted by Crippen LogP contribution is 2.47. The smallest absolute Gasteiger partial charge is 0.0620 e. The minimum atomic E-state index is 1.20. The summed E-state index contributed by atoms with van der Waals surface area (Å²) in [4.78, 5) is 0. The predicted molar refractivity (Wildman–Crippen MR) is 342 cm³/mol. The first-order valence-corrected chi connectivity index (χ1v) is 27.9. The molecule has 0 bridgehead atoms. The molecule has 0 atom stereocenters. The van der Waals surface area contributed by atoms with E-state index in [1.807, 2.05) is 0 Å². The van der Waals surface area contributed by atoms with Crippen molar-refractivity contribution in [2.75, 3.05) is 0 Å². The van der Waals surface area contributed by atoms with Gasteiger partial charge in [-0.25, -0.2) is 0 Å². The summed E-state index contributed by atoms with van der Waals surface area (Å²) in [6.45, 7) is 4.48. The Morgan fingerprint density at radius 2 is 0.575 bits per heavy atom. The zero-order valence-corrected chi connectivity index (χ0v) is 44.1. The molecule has 14 aromatic carbocycles. The second-order valence-corrected chi connectivity index (χ2v) is 22.7. The number of aromatic nitrogens is 2. The first kappa shape index (κ1) is 43.8. The minimum absolute atomic E-state index is 1.20. The molecule has 2 heteroatoms. The van der Waals surface area contributed by atoms with Crippen LogP contribution in [0.4, 0.5) is 0 Å². The van der Waals surface area contributed by atoms with Gasteiger partial charge in [-0.2, -0.15) is 0 Å². The molecule has 0 spiro atoms. The zero-order chi connectivity index (χ0) is 52.5. The highest BCUT2D eigenvalue weighted by Gasteiger charge is 2.23. The van der Waals surface area contributed by atoms with Crippen molar-refractivity contribution in [3.05, 3.63) is 266 Å². The van der Waals surface area contributed by atoms with E-state index in [4.69, 9.17) is 0 Å². The Balaban J connectivity index is 0.777. The van der Waals surface area contributed by atoms with Gasteiger partial charge in [0.25, 0.3) is 0 Å². The zero-order valence-electron chi connectivity index (χ0n) is 44.1. The standard InChI is InChI=1S/C78H48N2/c1-45-27-59(47-13-4-3-5-14-47)31-60(28-45)62-37-69-65-33-50-15-6-9-18-53(50)41-73(65)80-76-44-61-30-56(25-26-58(61)36-68(76)70(38-62)77(69)80)48-21-12-22-49(29-48)57-24-23-46(2)64(32-57)63-39-71-66-34-51-16-7-10-19-54(51)42-74(66)79-75-43-55-20-11-8-17-52(55)35-67(75)72(40-63)78(71)79/h3-44H,1-2H3. The molecular weight excluding hydrogens is 965 g/mol. The van der Waals surface area contributed by atoms with E-state index < -0.39 is 0 Å². The molecule has 18 aromatic rings. The molecule has 80 heavy (non-hydrogen) atoms. The third-order valence-corrected chi connectivity index (χ3v) is 17.9. The maximum atomic E-state index is 2.55. The van der Waals surface area contributed by atoms with E-state index in [1.54, 1.807) is 0 Å². The van der Waals surface area contributed by atoms with Crippen LogP contribution in [0.25, 0.3) is 175 Å². The molecule has 0 saturated heterocycles. The number of benzene rings is 14. The van der Waals surface area contributed by atoms with Crippen molar-refractivity contribution in [2.24, 2.45) is 0 Å². The maximum Gasteiger partial charge on any atom is 0.0620 e. The summed E-state index contributed by atoms with van der Waals surface area (Å²) in [5.41, 5.74) is 22.3. The van der Waals surface area contributed by atoms with Crippen molar-refractivity contribution >= 4 is 119 Å². The lowest BCUT2D eigenvalue weighted by atomic mass is 9.91.